The molecule has 1 aromatic heterocycles. The fraction of sp³-hybridized carbons (Fsp3) is 0.692. The van der Waals surface area contributed by atoms with Gasteiger partial charge in [0.1, 0.15) is 5.78 Å². The van der Waals surface area contributed by atoms with Gasteiger partial charge in [0.2, 0.25) is 0 Å². The molecule has 2 N–H and O–H groups in total. The van der Waals surface area contributed by atoms with E-state index in [0.29, 0.717) is 13.0 Å². The van der Waals surface area contributed by atoms with E-state index in [0.717, 1.165) is 24.9 Å². The van der Waals surface area contributed by atoms with Crippen LogP contribution in [0.15, 0.2) is 12.4 Å². The second kappa shape index (κ2) is 5.96. The fourth-order valence-electron chi connectivity index (χ4n) is 2.09. The maximum absolute atomic E-state index is 12.3. The predicted octanol–water partition coefficient (Wildman–Crippen LogP) is 1.78. The molecule has 0 atom stereocenters. The molecule has 17 heavy (non-hydrogen) atoms. The van der Waals surface area contributed by atoms with Crippen LogP contribution in [0, 0.1) is 5.41 Å². The number of aryl methyl sites for hydroxylation is 1. The Morgan fingerprint density at radius 3 is 2.47 bits per heavy atom. The van der Waals surface area contributed by atoms with E-state index in [-0.39, 0.29) is 11.2 Å². The van der Waals surface area contributed by atoms with Crippen molar-refractivity contribution in [1.82, 2.24) is 9.78 Å². The van der Waals surface area contributed by atoms with Crippen LogP contribution >= 0.6 is 0 Å². The molecule has 0 aromatic carbocycles. The van der Waals surface area contributed by atoms with E-state index in [1.165, 1.54) is 0 Å². The summed E-state index contributed by atoms with van der Waals surface area (Å²) in [5.74, 6) is 0.237. The molecule has 4 heteroatoms. The van der Waals surface area contributed by atoms with Crippen LogP contribution in [0.2, 0.25) is 0 Å². The minimum Gasteiger partial charge on any atom is -0.329 e. The third-order valence-corrected chi connectivity index (χ3v) is 3.71. The lowest BCUT2D eigenvalue weighted by atomic mass is 9.76. The Morgan fingerprint density at radius 2 is 2.06 bits per heavy atom. The lowest BCUT2D eigenvalue weighted by Crippen LogP contribution is -2.38. The normalized spacial score (nSPS) is 11.8. The molecule has 96 valence electrons. The van der Waals surface area contributed by atoms with Gasteiger partial charge >= 0.3 is 0 Å². The number of carbonyl (C=O) groups is 1. The summed E-state index contributed by atoms with van der Waals surface area (Å²) >= 11 is 0. The van der Waals surface area contributed by atoms with Crippen LogP contribution in [0.1, 0.15) is 39.2 Å². The van der Waals surface area contributed by atoms with Crippen LogP contribution in [0.25, 0.3) is 0 Å². The molecule has 0 spiro atoms. The van der Waals surface area contributed by atoms with Crippen molar-refractivity contribution >= 4 is 5.78 Å². The summed E-state index contributed by atoms with van der Waals surface area (Å²) in [6.07, 6.45) is 5.76. The zero-order valence-corrected chi connectivity index (χ0v) is 11.1. The Kier molecular flexibility index (Phi) is 4.87. The Bertz CT molecular complexity index is 358. The largest absolute Gasteiger partial charge is 0.329 e. The van der Waals surface area contributed by atoms with Crippen LogP contribution in [0.5, 0.6) is 0 Å². The Labute approximate surface area is 103 Å². The first-order valence-electron chi connectivity index (χ1n) is 6.36. The smallest absolute Gasteiger partial charge is 0.144 e. The number of hydrogen-bond acceptors (Lipinski definition) is 3. The van der Waals surface area contributed by atoms with Crippen LogP contribution < -0.4 is 5.73 Å². The average Bonchev–Trinajstić information content (AvgIpc) is 2.80. The van der Waals surface area contributed by atoms with Gasteiger partial charge in [-0.25, -0.2) is 0 Å². The van der Waals surface area contributed by atoms with Gasteiger partial charge in [-0.15, -0.1) is 0 Å². The lowest BCUT2D eigenvalue weighted by molar-refractivity contribution is -0.128. The minimum atomic E-state index is -0.353. The summed E-state index contributed by atoms with van der Waals surface area (Å²) in [4.78, 5) is 12.3. The van der Waals surface area contributed by atoms with Gasteiger partial charge < -0.3 is 5.73 Å². The molecule has 4 nitrogen and oxygen atoms in total. The van der Waals surface area contributed by atoms with E-state index in [1.54, 1.807) is 6.20 Å². The first-order chi connectivity index (χ1) is 8.11. The molecule has 0 saturated heterocycles. The van der Waals surface area contributed by atoms with Gasteiger partial charge in [-0.3, -0.25) is 9.48 Å². The van der Waals surface area contributed by atoms with Gasteiger partial charge in [-0.1, -0.05) is 13.8 Å². The van der Waals surface area contributed by atoms with E-state index in [4.69, 9.17) is 5.73 Å². The number of rotatable bonds is 7. The highest BCUT2D eigenvalue weighted by Gasteiger charge is 2.32. The molecular formula is C13H23N3O. The summed E-state index contributed by atoms with van der Waals surface area (Å²) in [5, 5.41) is 4.18. The quantitative estimate of drug-likeness (QED) is 0.786. The molecule has 0 unspecified atom stereocenters. The molecule has 0 radical (unpaired) electrons. The summed E-state index contributed by atoms with van der Waals surface area (Å²) in [6, 6.07) is 0. The SMILES string of the molecule is CCn1cc(CC(=O)C(CC)(CC)CN)cn1. The number of nitrogens with two attached hydrogens (primary N) is 1. The first kappa shape index (κ1) is 13.9. The number of ketones is 1. The zero-order valence-electron chi connectivity index (χ0n) is 11.1. The number of aromatic nitrogens is 2. The maximum atomic E-state index is 12.3. The van der Waals surface area contributed by atoms with Gasteiger partial charge in [0, 0.05) is 31.1 Å². The second-order valence-electron chi connectivity index (χ2n) is 4.50. The number of hydrogen-bond donors (Lipinski definition) is 1. The standard InChI is InChI=1S/C13H23N3O/c1-4-13(5-2,10-14)12(17)7-11-8-15-16(6-3)9-11/h8-9H,4-7,10,14H2,1-3H3. The summed E-state index contributed by atoms with van der Waals surface area (Å²) in [7, 11) is 0. The molecular weight excluding hydrogens is 214 g/mol. The van der Waals surface area contributed by atoms with Crippen molar-refractivity contribution in [3.63, 3.8) is 0 Å². The molecule has 1 rings (SSSR count). The highest BCUT2D eigenvalue weighted by molar-refractivity contribution is 5.86. The van der Waals surface area contributed by atoms with Crippen molar-refractivity contribution in [2.24, 2.45) is 11.1 Å². The van der Waals surface area contributed by atoms with Gasteiger partial charge in [0.25, 0.3) is 0 Å². The molecule has 0 bridgehead atoms. The Morgan fingerprint density at radius 1 is 1.41 bits per heavy atom. The summed E-state index contributed by atoms with van der Waals surface area (Å²) < 4.78 is 1.84. The monoisotopic (exact) mass is 237 g/mol. The van der Waals surface area contributed by atoms with Crippen LogP contribution in [0.4, 0.5) is 0 Å². The Hall–Kier alpha value is -1.16. The van der Waals surface area contributed by atoms with Crippen molar-refractivity contribution in [2.45, 2.75) is 46.6 Å². The molecule has 0 fully saturated rings. The third kappa shape index (κ3) is 2.94. The van der Waals surface area contributed by atoms with Crippen LogP contribution in [-0.4, -0.2) is 22.1 Å². The van der Waals surface area contributed by atoms with Gasteiger partial charge in [-0.05, 0) is 25.3 Å². The van der Waals surface area contributed by atoms with E-state index >= 15 is 0 Å². The molecule has 0 aliphatic heterocycles. The maximum Gasteiger partial charge on any atom is 0.144 e. The van der Waals surface area contributed by atoms with Crippen molar-refractivity contribution in [3.05, 3.63) is 18.0 Å². The minimum absolute atomic E-state index is 0.237. The lowest BCUT2D eigenvalue weighted by Gasteiger charge is -2.28. The van der Waals surface area contributed by atoms with Gasteiger partial charge in [-0.2, -0.15) is 5.10 Å². The number of Topliss-reactive ketones (excluding diaryl/α,β-unsaturated/α-hetero) is 1. The van der Waals surface area contributed by atoms with Crippen molar-refractivity contribution in [1.29, 1.82) is 0 Å². The van der Waals surface area contributed by atoms with Gasteiger partial charge in [0.05, 0.1) is 6.20 Å². The zero-order chi connectivity index (χ0) is 12.9. The van der Waals surface area contributed by atoms with E-state index in [2.05, 4.69) is 5.10 Å². The van der Waals surface area contributed by atoms with Crippen LogP contribution in [-0.2, 0) is 17.8 Å². The molecule has 0 amide bonds. The molecule has 1 aromatic rings. The van der Waals surface area contributed by atoms with Crippen molar-refractivity contribution in [3.8, 4) is 0 Å². The number of nitrogens with zero attached hydrogens (tertiary/aromatic N) is 2. The van der Waals surface area contributed by atoms with Crippen molar-refractivity contribution in [2.75, 3.05) is 6.54 Å². The molecule has 1 heterocycles. The molecule has 0 saturated carbocycles. The fourth-order valence-corrected chi connectivity index (χ4v) is 2.09. The van der Waals surface area contributed by atoms with Crippen molar-refractivity contribution < 1.29 is 4.79 Å². The summed E-state index contributed by atoms with van der Waals surface area (Å²) in [5.41, 5.74) is 6.40. The van der Waals surface area contributed by atoms with Crippen LogP contribution in [0.3, 0.4) is 0 Å². The van der Waals surface area contributed by atoms with E-state index in [1.807, 2.05) is 31.6 Å². The average molecular weight is 237 g/mol. The molecule has 0 aliphatic rings. The predicted molar refractivity (Wildman–Crippen MR) is 68.7 cm³/mol. The molecule has 0 aliphatic carbocycles. The number of carbonyl (C=O) groups excluding carboxylic acids is 1. The topological polar surface area (TPSA) is 60.9 Å². The summed E-state index contributed by atoms with van der Waals surface area (Å²) in [6.45, 7) is 7.35. The third-order valence-electron chi connectivity index (χ3n) is 3.71. The highest BCUT2D eigenvalue weighted by atomic mass is 16.1. The highest BCUT2D eigenvalue weighted by Crippen LogP contribution is 2.27. The van der Waals surface area contributed by atoms with Gasteiger partial charge in [0.15, 0.2) is 0 Å². The second-order valence-corrected chi connectivity index (χ2v) is 4.50. The van der Waals surface area contributed by atoms with E-state index < -0.39 is 0 Å². The Balaban J connectivity index is 2.76. The first-order valence-corrected chi connectivity index (χ1v) is 6.36. The van der Waals surface area contributed by atoms with E-state index in [9.17, 15) is 4.79 Å².